The van der Waals surface area contributed by atoms with Gasteiger partial charge in [0.25, 0.3) is 11.7 Å². The Kier molecular flexibility index (Phi) is 8.33. The first-order chi connectivity index (χ1) is 18.7. The number of carbonyl (C=O) groups is 2. The minimum atomic E-state index is -1.15. The zero-order chi connectivity index (χ0) is 28.3. The minimum Gasteiger partial charge on any atom is -0.507 e. The van der Waals surface area contributed by atoms with E-state index in [1.807, 2.05) is 39.8 Å². The van der Waals surface area contributed by atoms with Gasteiger partial charge in [0.1, 0.15) is 11.5 Å². The van der Waals surface area contributed by atoms with E-state index in [1.165, 1.54) is 6.07 Å². The number of carbonyl (C=O) groups excluding carboxylic acids is 2. The number of aliphatic hydroxyl groups is 1. The van der Waals surface area contributed by atoms with Crippen molar-refractivity contribution in [3.8, 4) is 5.75 Å². The first kappa shape index (κ1) is 27.8. The molecule has 1 heterocycles. The van der Waals surface area contributed by atoms with Crippen LogP contribution in [0.1, 0.15) is 44.9 Å². The molecule has 3 aromatic carbocycles. The molecule has 0 bridgehead atoms. The molecule has 3 aromatic rings. The van der Waals surface area contributed by atoms with Crippen LogP contribution in [0.3, 0.4) is 0 Å². The molecule has 39 heavy (non-hydrogen) atoms. The standard InChI is InChI=1S/C31H32F2N2O4/c1-5-34(6-2)22-12-10-20(11-13-22)28-27(29(36)21-8-7-9-24(16-21)39-18-19(3)4)30(37)31(38)35(28)23-14-15-25(32)26(33)17-23/h7-17,19,28,36H,5-6,18H2,1-4H3/b29-27+. The summed E-state index contributed by atoms with van der Waals surface area (Å²) < 4.78 is 33.7. The van der Waals surface area contributed by atoms with Crippen LogP contribution in [0.5, 0.6) is 5.75 Å². The number of ketones is 1. The topological polar surface area (TPSA) is 70.1 Å². The van der Waals surface area contributed by atoms with Gasteiger partial charge in [-0.15, -0.1) is 0 Å². The fraction of sp³-hybridized carbons (Fsp3) is 0.290. The van der Waals surface area contributed by atoms with Crippen LogP contribution in [-0.4, -0.2) is 36.5 Å². The molecular weight excluding hydrogens is 502 g/mol. The summed E-state index contributed by atoms with van der Waals surface area (Å²) in [6, 6.07) is 15.9. The Morgan fingerprint density at radius 3 is 2.28 bits per heavy atom. The van der Waals surface area contributed by atoms with E-state index < -0.39 is 29.4 Å². The number of ether oxygens (including phenoxy) is 1. The molecule has 0 spiro atoms. The average Bonchev–Trinajstić information content (AvgIpc) is 3.20. The molecule has 1 fully saturated rings. The van der Waals surface area contributed by atoms with Crippen molar-refractivity contribution < 1.29 is 28.2 Å². The Balaban J connectivity index is 1.87. The molecular formula is C31H32F2N2O4. The molecule has 204 valence electrons. The fourth-order valence-corrected chi connectivity index (χ4v) is 4.66. The molecule has 1 aliphatic rings. The lowest BCUT2D eigenvalue weighted by molar-refractivity contribution is -0.132. The van der Waals surface area contributed by atoms with Gasteiger partial charge in [-0.25, -0.2) is 8.78 Å². The van der Waals surface area contributed by atoms with Gasteiger partial charge >= 0.3 is 0 Å². The lowest BCUT2D eigenvalue weighted by atomic mass is 9.94. The monoisotopic (exact) mass is 534 g/mol. The molecule has 0 aromatic heterocycles. The number of amides is 1. The highest BCUT2D eigenvalue weighted by atomic mass is 19.2. The quantitative estimate of drug-likeness (QED) is 0.194. The van der Waals surface area contributed by atoms with Crippen molar-refractivity contribution in [1.82, 2.24) is 0 Å². The average molecular weight is 535 g/mol. The van der Waals surface area contributed by atoms with Crippen LogP contribution in [0, 0.1) is 17.6 Å². The van der Waals surface area contributed by atoms with E-state index in [-0.39, 0.29) is 22.9 Å². The summed E-state index contributed by atoms with van der Waals surface area (Å²) in [6.45, 7) is 10.1. The van der Waals surface area contributed by atoms with Gasteiger partial charge in [0.2, 0.25) is 0 Å². The first-order valence-electron chi connectivity index (χ1n) is 13.0. The van der Waals surface area contributed by atoms with Crippen molar-refractivity contribution in [2.45, 2.75) is 33.7 Å². The molecule has 0 radical (unpaired) electrons. The van der Waals surface area contributed by atoms with Gasteiger partial charge in [0.05, 0.1) is 18.2 Å². The molecule has 8 heteroatoms. The number of nitrogens with zero attached hydrogens (tertiary/aromatic N) is 2. The predicted octanol–water partition coefficient (Wildman–Crippen LogP) is 6.47. The number of hydrogen-bond acceptors (Lipinski definition) is 5. The Labute approximate surface area is 227 Å². The number of anilines is 2. The summed E-state index contributed by atoms with van der Waals surface area (Å²) in [5.41, 5.74) is 1.62. The van der Waals surface area contributed by atoms with Gasteiger partial charge in [0.15, 0.2) is 11.6 Å². The smallest absolute Gasteiger partial charge is 0.300 e. The van der Waals surface area contributed by atoms with Crippen LogP contribution >= 0.6 is 0 Å². The Morgan fingerprint density at radius 2 is 1.67 bits per heavy atom. The number of halogens is 2. The Hall–Kier alpha value is -4.20. The lowest BCUT2D eigenvalue weighted by Gasteiger charge is -2.27. The van der Waals surface area contributed by atoms with Crippen molar-refractivity contribution in [2.24, 2.45) is 5.92 Å². The maximum absolute atomic E-state index is 14.2. The number of benzene rings is 3. The van der Waals surface area contributed by atoms with E-state index in [2.05, 4.69) is 4.90 Å². The molecule has 4 rings (SSSR count). The third kappa shape index (κ3) is 5.65. The molecule has 1 N–H and O–H groups in total. The maximum Gasteiger partial charge on any atom is 0.300 e. The van der Waals surface area contributed by atoms with Gasteiger partial charge in [0, 0.05) is 36.1 Å². The second kappa shape index (κ2) is 11.7. The molecule has 0 saturated carbocycles. The number of hydrogen-bond donors (Lipinski definition) is 1. The Bertz CT molecular complexity index is 1400. The lowest BCUT2D eigenvalue weighted by Crippen LogP contribution is -2.29. The maximum atomic E-state index is 14.2. The van der Waals surface area contributed by atoms with Gasteiger partial charge in [-0.2, -0.15) is 0 Å². The zero-order valence-electron chi connectivity index (χ0n) is 22.4. The number of rotatable bonds is 9. The fourth-order valence-electron chi connectivity index (χ4n) is 4.66. The van der Waals surface area contributed by atoms with Crippen molar-refractivity contribution in [3.05, 3.63) is 95.1 Å². The van der Waals surface area contributed by atoms with Gasteiger partial charge < -0.3 is 14.7 Å². The summed E-state index contributed by atoms with van der Waals surface area (Å²) in [5.74, 6) is -3.71. The van der Waals surface area contributed by atoms with Crippen LogP contribution in [0.4, 0.5) is 20.2 Å². The van der Waals surface area contributed by atoms with Crippen LogP contribution in [0.25, 0.3) is 5.76 Å². The molecule has 1 aliphatic heterocycles. The molecule has 1 amide bonds. The highest BCUT2D eigenvalue weighted by molar-refractivity contribution is 6.51. The van der Waals surface area contributed by atoms with Crippen molar-refractivity contribution >= 4 is 28.8 Å². The summed E-state index contributed by atoms with van der Waals surface area (Å²) in [5, 5.41) is 11.4. The summed E-state index contributed by atoms with van der Waals surface area (Å²) in [7, 11) is 0. The van der Waals surface area contributed by atoms with Crippen LogP contribution in [0.15, 0.2) is 72.3 Å². The van der Waals surface area contributed by atoms with Gasteiger partial charge in [-0.3, -0.25) is 14.5 Å². The molecule has 0 aliphatic carbocycles. The minimum absolute atomic E-state index is 0.00175. The highest BCUT2D eigenvalue weighted by Gasteiger charge is 2.47. The second-order valence-electron chi connectivity index (χ2n) is 9.76. The second-order valence-corrected chi connectivity index (χ2v) is 9.76. The van der Waals surface area contributed by atoms with Crippen LogP contribution in [0.2, 0.25) is 0 Å². The largest absolute Gasteiger partial charge is 0.507 e. The molecule has 1 saturated heterocycles. The summed E-state index contributed by atoms with van der Waals surface area (Å²) in [6.07, 6.45) is 0. The highest BCUT2D eigenvalue weighted by Crippen LogP contribution is 2.43. The molecule has 1 atom stereocenters. The van der Waals surface area contributed by atoms with E-state index in [0.29, 0.717) is 23.5 Å². The van der Waals surface area contributed by atoms with Crippen molar-refractivity contribution in [3.63, 3.8) is 0 Å². The van der Waals surface area contributed by atoms with E-state index >= 15 is 0 Å². The van der Waals surface area contributed by atoms with Gasteiger partial charge in [-0.05, 0) is 61.7 Å². The number of aliphatic hydroxyl groups excluding tert-OH is 1. The van der Waals surface area contributed by atoms with Crippen molar-refractivity contribution in [1.29, 1.82) is 0 Å². The van der Waals surface area contributed by atoms with Gasteiger partial charge in [-0.1, -0.05) is 38.1 Å². The third-order valence-electron chi connectivity index (χ3n) is 6.65. The third-order valence-corrected chi connectivity index (χ3v) is 6.65. The SMILES string of the molecule is CCN(CC)c1ccc(C2/C(=C(\O)c3cccc(OCC(C)C)c3)C(=O)C(=O)N2c2ccc(F)c(F)c2)cc1. The first-order valence-corrected chi connectivity index (χ1v) is 13.0. The van der Waals surface area contributed by atoms with E-state index in [4.69, 9.17) is 4.74 Å². The van der Waals surface area contributed by atoms with E-state index in [1.54, 1.807) is 36.4 Å². The van der Waals surface area contributed by atoms with Crippen molar-refractivity contribution in [2.75, 3.05) is 29.5 Å². The van der Waals surface area contributed by atoms with Crippen LogP contribution < -0.4 is 14.5 Å². The van der Waals surface area contributed by atoms with Crippen LogP contribution in [-0.2, 0) is 9.59 Å². The summed E-state index contributed by atoms with van der Waals surface area (Å²) >= 11 is 0. The zero-order valence-corrected chi connectivity index (χ0v) is 22.4. The molecule has 6 nitrogen and oxygen atoms in total. The van der Waals surface area contributed by atoms with E-state index in [0.717, 1.165) is 35.8 Å². The predicted molar refractivity (Wildman–Crippen MR) is 148 cm³/mol. The van der Waals surface area contributed by atoms with E-state index in [9.17, 15) is 23.5 Å². The Morgan fingerprint density at radius 1 is 0.974 bits per heavy atom. The normalized spacial score (nSPS) is 16.7. The summed E-state index contributed by atoms with van der Waals surface area (Å²) in [4.78, 5) is 30.0. The molecule has 1 unspecified atom stereocenters. The number of Topliss-reactive ketones (excluding diaryl/α,β-unsaturated/α-hetero) is 1.